The van der Waals surface area contributed by atoms with Crippen LogP contribution >= 0.6 is 0 Å². The highest BCUT2D eigenvalue weighted by molar-refractivity contribution is 5.90. The van der Waals surface area contributed by atoms with Crippen LogP contribution in [0.4, 0.5) is 4.39 Å². The lowest BCUT2D eigenvalue weighted by molar-refractivity contribution is -0.150. The molecule has 0 bridgehead atoms. The van der Waals surface area contributed by atoms with Gasteiger partial charge in [0.05, 0.1) is 14.2 Å². The van der Waals surface area contributed by atoms with Gasteiger partial charge < -0.3 is 19.5 Å². The molecular weight excluding hydrogens is 365 g/mol. The maximum atomic E-state index is 13.5. The van der Waals surface area contributed by atoms with E-state index in [-0.39, 0.29) is 12.1 Å². The molecule has 0 saturated carbocycles. The van der Waals surface area contributed by atoms with Crippen LogP contribution < -0.4 is 14.8 Å². The van der Waals surface area contributed by atoms with Crippen LogP contribution in [0.25, 0.3) is 6.08 Å². The van der Waals surface area contributed by atoms with Gasteiger partial charge in [-0.05, 0) is 36.8 Å². The number of carbonyl (C=O) groups is 2. The van der Waals surface area contributed by atoms with Crippen molar-refractivity contribution in [3.05, 3.63) is 65.5 Å². The average molecular weight is 387 g/mol. The van der Waals surface area contributed by atoms with E-state index in [0.29, 0.717) is 11.5 Å². The SMILES string of the molecule is COc1ccc(CNC(=O)[C@H](C)OC(=O)/C=C/c2ccccc2F)cc1OC. The highest BCUT2D eigenvalue weighted by Gasteiger charge is 2.16. The number of ether oxygens (including phenoxy) is 3. The zero-order valence-electron chi connectivity index (χ0n) is 15.9. The van der Waals surface area contributed by atoms with Crippen LogP contribution in [0.15, 0.2) is 48.5 Å². The molecule has 0 spiro atoms. The largest absolute Gasteiger partial charge is 0.493 e. The second kappa shape index (κ2) is 10.1. The van der Waals surface area contributed by atoms with E-state index in [1.807, 2.05) is 0 Å². The number of nitrogens with one attached hydrogen (secondary N) is 1. The molecule has 0 aliphatic rings. The molecule has 0 unspecified atom stereocenters. The van der Waals surface area contributed by atoms with Crippen molar-refractivity contribution in [3.8, 4) is 11.5 Å². The molecule has 148 valence electrons. The van der Waals surface area contributed by atoms with Crippen molar-refractivity contribution in [2.45, 2.75) is 19.6 Å². The van der Waals surface area contributed by atoms with Gasteiger partial charge in [-0.25, -0.2) is 9.18 Å². The lowest BCUT2D eigenvalue weighted by atomic mass is 10.2. The smallest absolute Gasteiger partial charge is 0.331 e. The summed E-state index contributed by atoms with van der Waals surface area (Å²) >= 11 is 0. The molecule has 6 nitrogen and oxygen atoms in total. The maximum Gasteiger partial charge on any atom is 0.331 e. The molecule has 0 aliphatic carbocycles. The fourth-order valence-electron chi connectivity index (χ4n) is 2.36. The van der Waals surface area contributed by atoms with Crippen LogP contribution in [0.3, 0.4) is 0 Å². The number of benzene rings is 2. The van der Waals surface area contributed by atoms with Crippen molar-refractivity contribution >= 4 is 18.0 Å². The summed E-state index contributed by atoms with van der Waals surface area (Å²) in [5, 5.41) is 2.68. The third-order valence-electron chi connectivity index (χ3n) is 3.88. The Balaban J connectivity index is 1.87. The van der Waals surface area contributed by atoms with Gasteiger partial charge in [-0.15, -0.1) is 0 Å². The van der Waals surface area contributed by atoms with Crippen LogP contribution in [0.5, 0.6) is 11.5 Å². The topological polar surface area (TPSA) is 73.9 Å². The summed E-state index contributed by atoms with van der Waals surface area (Å²) in [5.41, 5.74) is 1.05. The van der Waals surface area contributed by atoms with Crippen molar-refractivity contribution in [1.29, 1.82) is 0 Å². The molecule has 0 saturated heterocycles. The second-order valence-electron chi connectivity index (χ2n) is 5.84. The van der Waals surface area contributed by atoms with Gasteiger partial charge in [-0.3, -0.25) is 4.79 Å². The Labute approximate surface area is 162 Å². The van der Waals surface area contributed by atoms with Crippen molar-refractivity contribution in [2.24, 2.45) is 0 Å². The number of halogens is 1. The second-order valence-corrected chi connectivity index (χ2v) is 5.84. The molecule has 0 fully saturated rings. The van der Waals surface area contributed by atoms with E-state index in [0.717, 1.165) is 11.6 Å². The van der Waals surface area contributed by atoms with Gasteiger partial charge in [0.25, 0.3) is 5.91 Å². The molecule has 1 atom stereocenters. The minimum atomic E-state index is -1.00. The Morgan fingerprint density at radius 1 is 1.11 bits per heavy atom. The lowest BCUT2D eigenvalue weighted by Crippen LogP contribution is -2.35. The molecule has 2 rings (SSSR count). The number of rotatable bonds is 8. The summed E-state index contributed by atoms with van der Waals surface area (Å²) in [7, 11) is 3.06. The Bertz CT molecular complexity index is 866. The van der Waals surface area contributed by atoms with E-state index < -0.39 is 23.8 Å². The molecule has 0 aromatic heterocycles. The van der Waals surface area contributed by atoms with Crippen LogP contribution in [0.2, 0.25) is 0 Å². The fraction of sp³-hybridized carbons (Fsp3) is 0.238. The van der Waals surface area contributed by atoms with E-state index in [4.69, 9.17) is 14.2 Å². The standard InChI is InChI=1S/C21H22FNO5/c1-14(28-20(24)11-9-16-6-4-5-7-17(16)22)21(25)23-13-15-8-10-18(26-2)19(12-15)27-3/h4-12,14H,13H2,1-3H3,(H,23,25)/b11-9+/t14-/m0/s1. The summed E-state index contributed by atoms with van der Waals surface area (Å²) < 4.78 is 28.9. The summed E-state index contributed by atoms with van der Waals surface area (Å²) in [4.78, 5) is 24.0. The number of carbonyl (C=O) groups excluding carboxylic acids is 2. The quantitative estimate of drug-likeness (QED) is 0.557. The highest BCUT2D eigenvalue weighted by Crippen LogP contribution is 2.27. The van der Waals surface area contributed by atoms with E-state index in [1.54, 1.807) is 30.3 Å². The van der Waals surface area contributed by atoms with Crippen LogP contribution in [-0.2, 0) is 20.9 Å². The first kappa shape index (κ1) is 21.0. The van der Waals surface area contributed by atoms with E-state index >= 15 is 0 Å². The zero-order chi connectivity index (χ0) is 20.5. The van der Waals surface area contributed by atoms with E-state index in [1.165, 1.54) is 39.4 Å². The van der Waals surface area contributed by atoms with E-state index in [2.05, 4.69) is 5.32 Å². The minimum Gasteiger partial charge on any atom is -0.493 e. The van der Waals surface area contributed by atoms with Gasteiger partial charge in [-0.2, -0.15) is 0 Å². The molecule has 7 heteroatoms. The molecule has 1 amide bonds. The molecular formula is C21H22FNO5. The van der Waals surface area contributed by atoms with Gasteiger partial charge in [0.15, 0.2) is 17.6 Å². The third kappa shape index (κ3) is 5.84. The summed E-state index contributed by atoms with van der Waals surface area (Å²) in [6, 6.07) is 11.3. The normalized spacial score (nSPS) is 11.7. The first-order valence-corrected chi connectivity index (χ1v) is 8.56. The average Bonchev–Trinajstić information content (AvgIpc) is 2.71. The van der Waals surface area contributed by atoms with Crippen molar-refractivity contribution in [2.75, 3.05) is 14.2 Å². The van der Waals surface area contributed by atoms with Gasteiger partial charge >= 0.3 is 5.97 Å². The molecule has 0 radical (unpaired) electrons. The Kier molecular flexibility index (Phi) is 7.56. The van der Waals surface area contributed by atoms with Gasteiger partial charge in [0, 0.05) is 18.2 Å². The fourth-order valence-corrected chi connectivity index (χ4v) is 2.36. The number of esters is 1. The van der Waals surface area contributed by atoms with Crippen LogP contribution in [0.1, 0.15) is 18.1 Å². The minimum absolute atomic E-state index is 0.228. The predicted octanol–water partition coefficient (Wildman–Crippen LogP) is 3.10. The molecule has 0 aliphatic heterocycles. The third-order valence-corrected chi connectivity index (χ3v) is 3.88. The first-order chi connectivity index (χ1) is 13.4. The Morgan fingerprint density at radius 3 is 2.50 bits per heavy atom. The zero-order valence-corrected chi connectivity index (χ0v) is 15.9. The van der Waals surface area contributed by atoms with Crippen molar-refractivity contribution in [3.63, 3.8) is 0 Å². The Morgan fingerprint density at radius 2 is 1.82 bits per heavy atom. The van der Waals surface area contributed by atoms with Gasteiger partial charge in [0.2, 0.25) is 0 Å². The monoisotopic (exact) mass is 387 g/mol. The highest BCUT2D eigenvalue weighted by atomic mass is 19.1. The molecule has 0 heterocycles. The number of hydrogen-bond acceptors (Lipinski definition) is 5. The molecule has 1 N–H and O–H groups in total. The predicted molar refractivity (Wildman–Crippen MR) is 102 cm³/mol. The van der Waals surface area contributed by atoms with Crippen LogP contribution in [-0.4, -0.2) is 32.2 Å². The van der Waals surface area contributed by atoms with E-state index in [9.17, 15) is 14.0 Å². The van der Waals surface area contributed by atoms with Crippen LogP contribution in [0, 0.1) is 5.82 Å². The van der Waals surface area contributed by atoms with Gasteiger partial charge in [-0.1, -0.05) is 24.3 Å². The molecule has 2 aromatic rings. The van der Waals surface area contributed by atoms with Crippen molar-refractivity contribution in [1.82, 2.24) is 5.32 Å². The van der Waals surface area contributed by atoms with Crippen molar-refractivity contribution < 1.29 is 28.2 Å². The lowest BCUT2D eigenvalue weighted by Gasteiger charge is -2.13. The summed E-state index contributed by atoms with van der Waals surface area (Å²) in [6.45, 7) is 1.69. The number of amides is 1. The molecule has 2 aromatic carbocycles. The molecule has 28 heavy (non-hydrogen) atoms. The maximum absolute atomic E-state index is 13.5. The summed E-state index contributed by atoms with van der Waals surface area (Å²) in [6.07, 6.45) is 1.38. The van der Waals surface area contributed by atoms with Gasteiger partial charge in [0.1, 0.15) is 5.82 Å². The number of methoxy groups -OCH3 is 2. The first-order valence-electron chi connectivity index (χ1n) is 8.56. The number of hydrogen-bond donors (Lipinski definition) is 1. The summed E-state index contributed by atoms with van der Waals surface area (Å²) in [5.74, 6) is -0.514. The Hall–Kier alpha value is -3.35.